The second kappa shape index (κ2) is 8.05. The number of alkyl halides is 1. The number of hydrazine groups is 1. The zero-order valence-corrected chi connectivity index (χ0v) is 10.8. The molecule has 2 amide bonds. The fourth-order valence-electron chi connectivity index (χ4n) is 1.24. The van der Waals surface area contributed by atoms with E-state index < -0.39 is 11.8 Å². The van der Waals surface area contributed by atoms with Crippen molar-refractivity contribution in [3.8, 4) is 0 Å². The molecule has 0 aliphatic rings. The summed E-state index contributed by atoms with van der Waals surface area (Å²) in [4.78, 5) is 33.2. The van der Waals surface area contributed by atoms with Crippen LogP contribution in [0, 0.1) is 0 Å². The molecule has 1 aromatic carbocycles. The minimum absolute atomic E-state index is 0.301. The molecule has 0 fully saturated rings. The first-order valence-corrected chi connectivity index (χ1v) is 5.96. The van der Waals surface area contributed by atoms with E-state index in [0.717, 1.165) is 10.6 Å². The molecule has 0 aromatic heterocycles. The van der Waals surface area contributed by atoms with Gasteiger partial charge < -0.3 is 0 Å². The third kappa shape index (κ3) is 5.35. The number of benzene rings is 1. The molecule has 0 saturated heterocycles. The highest BCUT2D eigenvalue weighted by atomic mass is 35.5. The van der Waals surface area contributed by atoms with E-state index in [2.05, 4.69) is 5.43 Å². The second-order valence-corrected chi connectivity index (χ2v) is 3.75. The second-order valence-electron chi connectivity index (χ2n) is 3.48. The van der Waals surface area contributed by atoms with Gasteiger partial charge in [-0.2, -0.15) is 0 Å². The Morgan fingerprint density at radius 3 is 2.58 bits per heavy atom. The molecule has 0 unspecified atom stereocenters. The van der Waals surface area contributed by atoms with Crippen molar-refractivity contribution in [2.45, 2.75) is 0 Å². The predicted octanol–water partition coefficient (Wildman–Crippen LogP) is 0.908. The van der Waals surface area contributed by atoms with Crippen LogP contribution >= 0.6 is 11.6 Å². The summed E-state index contributed by atoms with van der Waals surface area (Å²) in [6.07, 6.45) is 4.37. The van der Waals surface area contributed by atoms with Gasteiger partial charge in [0.15, 0.2) is 0 Å². The number of nitrogens with one attached hydrogen (secondary N) is 1. The Balaban J connectivity index is 2.69. The third-order valence-corrected chi connectivity index (χ3v) is 2.33. The van der Waals surface area contributed by atoms with Crippen LogP contribution in [0.2, 0.25) is 0 Å². The summed E-state index contributed by atoms with van der Waals surface area (Å²) in [6.45, 7) is -0.361. The Hall–Kier alpha value is -2.14. The zero-order chi connectivity index (χ0) is 14.1. The lowest BCUT2D eigenvalue weighted by Crippen LogP contribution is -2.46. The van der Waals surface area contributed by atoms with Gasteiger partial charge in [-0.05, 0) is 11.6 Å². The van der Waals surface area contributed by atoms with E-state index in [1.165, 1.54) is 12.4 Å². The molecule has 0 bridgehead atoms. The Kier molecular flexibility index (Phi) is 6.32. The quantitative estimate of drug-likeness (QED) is 0.495. The van der Waals surface area contributed by atoms with Crippen LogP contribution < -0.4 is 5.43 Å². The van der Waals surface area contributed by atoms with Crippen LogP contribution in [0.5, 0.6) is 0 Å². The highest BCUT2D eigenvalue weighted by molar-refractivity contribution is 6.27. The molecule has 1 aromatic rings. The van der Waals surface area contributed by atoms with Crippen LogP contribution in [0.4, 0.5) is 0 Å². The van der Waals surface area contributed by atoms with Crippen molar-refractivity contribution in [1.29, 1.82) is 0 Å². The first-order chi connectivity index (χ1) is 9.17. The number of hydrogen-bond donors (Lipinski definition) is 1. The Morgan fingerprint density at radius 1 is 1.32 bits per heavy atom. The van der Waals surface area contributed by atoms with Gasteiger partial charge >= 0.3 is 0 Å². The summed E-state index contributed by atoms with van der Waals surface area (Å²) in [5.74, 6) is -1.41. The van der Waals surface area contributed by atoms with Crippen molar-refractivity contribution in [2.24, 2.45) is 0 Å². The normalized spacial score (nSPS) is 10.2. The third-order valence-electron chi connectivity index (χ3n) is 2.09. The zero-order valence-electron chi connectivity index (χ0n) is 10.0. The van der Waals surface area contributed by atoms with Gasteiger partial charge in [-0.25, -0.2) is 5.01 Å². The van der Waals surface area contributed by atoms with E-state index >= 15 is 0 Å². The van der Waals surface area contributed by atoms with Crippen LogP contribution in [-0.4, -0.2) is 35.5 Å². The van der Waals surface area contributed by atoms with Crippen molar-refractivity contribution in [3.05, 3.63) is 42.0 Å². The van der Waals surface area contributed by atoms with Gasteiger partial charge in [0.05, 0.1) is 0 Å². The van der Waals surface area contributed by atoms with Gasteiger partial charge in [-0.1, -0.05) is 30.3 Å². The molecule has 1 radical (unpaired) electrons. The molecule has 6 heteroatoms. The van der Waals surface area contributed by atoms with Gasteiger partial charge in [0.25, 0.3) is 11.8 Å². The standard InChI is InChI=1S/C13H12ClN2O3/c14-10-12(18)15-16(8-9-17)13(19)7-6-11-4-2-1-3-5-11/h1-7H,8,10H2,(H,15,18)/b7-6+. The average Bonchev–Trinajstić information content (AvgIpc) is 2.45. The first kappa shape index (κ1) is 14.9. The maximum Gasteiger partial charge on any atom is 0.265 e. The fourth-order valence-corrected chi connectivity index (χ4v) is 1.30. The fraction of sp³-hybridized carbons (Fsp3) is 0.154. The van der Waals surface area contributed by atoms with Crippen molar-refractivity contribution >= 4 is 35.8 Å². The van der Waals surface area contributed by atoms with Crippen LogP contribution in [0.3, 0.4) is 0 Å². The van der Waals surface area contributed by atoms with E-state index in [0.29, 0.717) is 0 Å². The van der Waals surface area contributed by atoms with Crippen molar-refractivity contribution < 1.29 is 14.4 Å². The lowest BCUT2D eigenvalue weighted by Gasteiger charge is -2.18. The van der Waals surface area contributed by atoms with Crippen molar-refractivity contribution in [3.63, 3.8) is 0 Å². The molecule has 5 nitrogen and oxygen atoms in total. The molecule has 0 aliphatic heterocycles. The van der Waals surface area contributed by atoms with Gasteiger partial charge in [0.1, 0.15) is 12.4 Å². The van der Waals surface area contributed by atoms with Crippen LogP contribution in [0.25, 0.3) is 6.08 Å². The van der Waals surface area contributed by atoms with Crippen molar-refractivity contribution in [2.75, 3.05) is 12.4 Å². The van der Waals surface area contributed by atoms with E-state index in [1.807, 2.05) is 30.3 Å². The maximum atomic E-state index is 11.8. The molecule has 0 aliphatic carbocycles. The van der Waals surface area contributed by atoms with Gasteiger partial charge in [-0.3, -0.25) is 19.8 Å². The minimum atomic E-state index is -0.571. The summed E-state index contributed by atoms with van der Waals surface area (Å²) in [7, 11) is 0. The Labute approximate surface area is 115 Å². The number of hydrogen-bond acceptors (Lipinski definition) is 3. The largest absolute Gasteiger partial charge is 0.289 e. The average molecular weight is 280 g/mol. The molecule has 0 saturated carbocycles. The van der Waals surface area contributed by atoms with E-state index in [1.54, 1.807) is 6.08 Å². The minimum Gasteiger partial charge on any atom is -0.289 e. The van der Waals surface area contributed by atoms with E-state index in [9.17, 15) is 14.4 Å². The lowest BCUT2D eigenvalue weighted by molar-refractivity contribution is -0.135. The number of amides is 2. The topological polar surface area (TPSA) is 66.5 Å². The van der Waals surface area contributed by atoms with Crippen LogP contribution in [0.15, 0.2) is 36.4 Å². The number of nitrogens with zero attached hydrogens (tertiary/aromatic N) is 1. The van der Waals surface area contributed by atoms with Gasteiger partial charge in [-0.15, -0.1) is 11.6 Å². The first-order valence-electron chi connectivity index (χ1n) is 5.42. The number of carbonyl (C=O) groups excluding carboxylic acids is 3. The SMILES string of the molecule is O=[C]CN(NC(=O)CCl)C(=O)/C=C/c1ccccc1. The molecule has 0 atom stereocenters. The molecule has 99 valence electrons. The summed E-state index contributed by atoms with van der Waals surface area (Å²) in [5, 5.41) is 0.844. The van der Waals surface area contributed by atoms with Crippen molar-refractivity contribution in [1.82, 2.24) is 10.4 Å². The van der Waals surface area contributed by atoms with Crippen LogP contribution in [0.1, 0.15) is 5.56 Å². The van der Waals surface area contributed by atoms with Gasteiger partial charge in [0, 0.05) is 6.08 Å². The summed E-state index contributed by atoms with van der Waals surface area (Å²) in [5.41, 5.74) is 3.03. The molecule has 0 heterocycles. The smallest absolute Gasteiger partial charge is 0.265 e. The summed E-state index contributed by atoms with van der Waals surface area (Å²) >= 11 is 5.31. The number of halogens is 1. The molecule has 19 heavy (non-hydrogen) atoms. The Morgan fingerprint density at radius 2 is 2.00 bits per heavy atom. The monoisotopic (exact) mass is 279 g/mol. The molecular weight excluding hydrogens is 268 g/mol. The molecule has 1 N–H and O–H groups in total. The van der Waals surface area contributed by atoms with Gasteiger partial charge in [0.2, 0.25) is 6.29 Å². The number of rotatable bonds is 5. The predicted molar refractivity (Wildman–Crippen MR) is 71.7 cm³/mol. The number of carbonyl (C=O) groups is 2. The molecule has 1 rings (SSSR count). The highest BCUT2D eigenvalue weighted by Crippen LogP contribution is 2.01. The molecular formula is C13H12ClN2O3. The highest BCUT2D eigenvalue weighted by Gasteiger charge is 2.12. The van der Waals surface area contributed by atoms with Crippen LogP contribution in [-0.2, 0) is 14.4 Å². The summed E-state index contributed by atoms with van der Waals surface area (Å²) < 4.78 is 0. The lowest BCUT2D eigenvalue weighted by atomic mass is 10.2. The Bertz CT molecular complexity index is 474. The maximum absolute atomic E-state index is 11.8. The summed E-state index contributed by atoms with van der Waals surface area (Å²) in [6, 6.07) is 9.15. The van der Waals surface area contributed by atoms with E-state index in [-0.39, 0.29) is 12.4 Å². The van der Waals surface area contributed by atoms with E-state index in [4.69, 9.17) is 11.6 Å². The molecule has 0 spiro atoms.